The van der Waals surface area contributed by atoms with E-state index < -0.39 is 0 Å². The minimum absolute atomic E-state index is 0.326. The minimum atomic E-state index is 0.326. The molecule has 0 aliphatic heterocycles. The van der Waals surface area contributed by atoms with Crippen LogP contribution in [0.15, 0.2) is 36.8 Å². The predicted octanol–water partition coefficient (Wildman–Crippen LogP) is 0.952. The Morgan fingerprint density at radius 1 is 1.06 bits per heavy atom. The summed E-state index contributed by atoms with van der Waals surface area (Å²) in [6.07, 6.45) is 5.70. The summed E-state index contributed by atoms with van der Waals surface area (Å²) in [5, 5.41) is 0. The van der Waals surface area contributed by atoms with Crippen molar-refractivity contribution in [3.05, 3.63) is 48.2 Å². The van der Waals surface area contributed by atoms with Crippen LogP contribution in [0.5, 0.6) is 5.88 Å². The molecule has 0 atom stereocenters. The minimum Gasteiger partial charge on any atom is -0.476 e. The highest BCUT2D eigenvalue weighted by Gasteiger charge is 2.04. The van der Waals surface area contributed by atoms with Crippen LogP contribution in [0.25, 0.3) is 0 Å². The van der Waals surface area contributed by atoms with Crippen molar-refractivity contribution in [2.45, 2.75) is 13.0 Å². The molecule has 2 rings (SSSR count). The molecule has 0 spiro atoms. The summed E-state index contributed by atoms with van der Waals surface area (Å²) >= 11 is 0. The molecule has 17 heavy (non-hydrogen) atoms. The summed E-state index contributed by atoms with van der Waals surface area (Å²) in [6.45, 7) is 0.843. The van der Waals surface area contributed by atoms with Gasteiger partial charge < -0.3 is 10.5 Å². The number of pyridine rings is 1. The summed E-state index contributed by atoms with van der Waals surface area (Å²) < 4.78 is 5.54. The average molecular weight is 230 g/mol. The zero-order chi connectivity index (χ0) is 11.9. The highest BCUT2D eigenvalue weighted by Crippen LogP contribution is 2.10. The molecule has 0 saturated carbocycles. The van der Waals surface area contributed by atoms with Gasteiger partial charge in [0.05, 0.1) is 6.61 Å². The van der Waals surface area contributed by atoms with E-state index in [0.29, 0.717) is 24.7 Å². The summed E-state index contributed by atoms with van der Waals surface area (Å²) in [5.41, 5.74) is 7.20. The van der Waals surface area contributed by atoms with Gasteiger partial charge >= 0.3 is 0 Å². The summed E-state index contributed by atoms with van der Waals surface area (Å²) in [7, 11) is 0. The van der Waals surface area contributed by atoms with Gasteiger partial charge in [-0.3, -0.25) is 9.97 Å². The molecule has 2 heterocycles. The fourth-order valence-electron chi connectivity index (χ4n) is 1.41. The maximum Gasteiger partial charge on any atom is 0.236 e. The van der Waals surface area contributed by atoms with E-state index in [2.05, 4.69) is 15.0 Å². The lowest BCUT2D eigenvalue weighted by molar-refractivity contribution is 0.302. The molecule has 88 valence electrons. The molecule has 5 heteroatoms. The molecule has 0 aromatic carbocycles. The number of ether oxygens (including phenoxy) is 1. The van der Waals surface area contributed by atoms with Gasteiger partial charge in [-0.25, -0.2) is 4.98 Å². The third-order valence-corrected chi connectivity index (χ3v) is 2.25. The van der Waals surface area contributed by atoms with Crippen LogP contribution in [0.3, 0.4) is 0 Å². The molecular weight excluding hydrogens is 216 g/mol. The summed E-state index contributed by atoms with van der Waals surface area (Å²) in [4.78, 5) is 12.4. The van der Waals surface area contributed by atoms with Crippen molar-refractivity contribution in [3.63, 3.8) is 0 Å². The number of nitrogens with zero attached hydrogens (tertiary/aromatic N) is 3. The molecule has 0 aliphatic carbocycles. The Balaban J connectivity index is 1.90. The molecule has 2 aromatic heterocycles. The lowest BCUT2D eigenvalue weighted by Crippen LogP contribution is -2.09. The van der Waals surface area contributed by atoms with Crippen LogP contribution in [0.1, 0.15) is 11.4 Å². The topological polar surface area (TPSA) is 73.9 Å². The van der Waals surface area contributed by atoms with E-state index in [9.17, 15) is 0 Å². The molecule has 0 unspecified atom stereocenters. The van der Waals surface area contributed by atoms with Gasteiger partial charge in [-0.05, 0) is 12.1 Å². The van der Waals surface area contributed by atoms with Crippen LogP contribution in [-0.4, -0.2) is 21.6 Å². The maximum atomic E-state index is 5.54. The molecule has 2 aromatic rings. The second-order valence-corrected chi connectivity index (χ2v) is 3.43. The number of nitrogens with two attached hydrogens (primary N) is 1. The Bertz CT molecular complexity index is 461. The number of rotatable bonds is 5. The van der Waals surface area contributed by atoms with E-state index in [-0.39, 0.29) is 0 Å². The highest BCUT2D eigenvalue weighted by atomic mass is 16.5. The van der Waals surface area contributed by atoms with E-state index in [1.165, 1.54) is 0 Å². The summed E-state index contributed by atoms with van der Waals surface area (Å²) in [6, 6.07) is 5.80. The Labute approximate surface area is 99.7 Å². The second-order valence-electron chi connectivity index (χ2n) is 3.43. The van der Waals surface area contributed by atoms with Crippen molar-refractivity contribution in [1.82, 2.24) is 15.0 Å². The van der Waals surface area contributed by atoms with E-state index in [0.717, 1.165) is 12.1 Å². The first-order valence-electron chi connectivity index (χ1n) is 5.43. The van der Waals surface area contributed by atoms with Gasteiger partial charge in [-0.1, -0.05) is 6.07 Å². The summed E-state index contributed by atoms with van der Waals surface area (Å²) in [5.74, 6) is 0.505. The molecule has 5 nitrogen and oxygen atoms in total. The lowest BCUT2D eigenvalue weighted by atomic mass is 10.3. The fourth-order valence-corrected chi connectivity index (χ4v) is 1.41. The van der Waals surface area contributed by atoms with Crippen molar-refractivity contribution in [1.29, 1.82) is 0 Å². The largest absolute Gasteiger partial charge is 0.476 e. The van der Waals surface area contributed by atoms with E-state index in [1.807, 2.05) is 18.2 Å². The standard InChI is InChI=1S/C12H14N4O/c13-9-11-12(16-7-6-15-11)17-8-4-10-3-1-2-5-14-10/h1-3,5-7H,4,8-9,13H2. The van der Waals surface area contributed by atoms with E-state index in [1.54, 1.807) is 18.6 Å². The van der Waals surface area contributed by atoms with Gasteiger partial charge in [0, 0.05) is 37.3 Å². The third-order valence-electron chi connectivity index (χ3n) is 2.25. The lowest BCUT2D eigenvalue weighted by Gasteiger charge is -2.07. The van der Waals surface area contributed by atoms with Gasteiger partial charge in [0.15, 0.2) is 0 Å². The zero-order valence-corrected chi connectivity index (χ0v) is 9.41. The SMILES string of the molecule is NCc1nccnc1OCCc1ccccn1. The molecule has 0 radical (unpaired) electrons. The van der Waals surface area contributed by atoms with Crippen LogP contribution in [0.2, 0.25) is 0 Å². The molecule has 0 fully saturated rings. The number of hydrogen-bond acceptors (Lipinski definition) is 5. The smallest absolute Gasteiger partial charge is 0.236 e. The quantitative estimate of drug-likeness (QED) is 0.827. The molecule has 0 bridgehead atoms. The zero-order valence-electron chi connectivity index (χ0n) is 9.41. The van der Waals surface area contributed by atoms with E-state index >= 15 is 0 Å². The van der Waals surface area contributed by atoms with Gasteiger partial charge in [-0.2, -0.15) is 0 Å². The molecule has 0 saturated heterocycles. The Kier molecular flexibility index (Phi) is 3.99. The van der Waals surface area contributed by atoms with Gasteiger partial charge in [0.2, 0.25) is 5.88 Å². The maximum absolute atomic E-state index is 5.54. The fraction of sp³-hybridized carbons (Fsp3) is 0.250. The van der Waals surface area contributed by atoms with Gasteiger partial charge in [0.25, 0.3) is 0 Å². The van der Waals surface area contributed by atoms with Crippen molar-refractivity contribution >= 4 is 0 Å². The first kappa shape index (κ1) is 11.5. The Hall–Kier alpha value is -2.01. The predicted molar refractivity (Wildman–Crippen MR) is 63.4 cm³/mol. The molecular formula is C12H14N4O. The first-order chi connectivity index (χ1) is 8.40. The van der Waals surface area contributed by atoms with Crippen LogP contribution in [0.4, 0.5) is 0 Å². The molecule has 0 aliphatic rings. The third kappa shape index (κ3) is 3.22. The van der Waals surface area contributed by atoms with Crippen molar-refractivity contribution < 1.29 is 4.74 Å². The Morgan fingerprint density at radius 3 is 2.71 bits per heavy atom. The molecule has 2 N–H and O–H groups in total. The Morgan fingerprint density at radius 2 is 1.94 bits per heavy atom. The normalized spacial score (nSPS) is 10.2. The van der Waals surface area contributed by atoms with Crippen LogP contribution >= 0.6 is 0 Å². The highest BCUT2D eigenvalue weighted by molar-refractivity contribution is 5.16. The average Bonchev–Trinajstić information content (AvgIpc) is 2.40. The number of aromatic nitrogens is 3. The van der Waals surface area contributed by atoms with Gasteiger partial charge in [-0.15, -0.1) is 0 Å². The molecule has 0 amide bonds. The first-order valence-corrected chi connectivity index (χ1v) is 5.43. The van der Waals surface area contributed by atoms with Crippen molar-refractivity contribution in [3.8, 4) is 5.88 Å². The van der Waals surface area contributed by atoms with Crippen LogP contribution in [0, 0.1) is 0 Å². The van der Waals surface area contributed by atoms with Gasteiger partial charge in [0.1, 0.15) is 5.69 Å². The monoisotopic (exact) mass is 230 g/mol. The number of hydrogen-bond donors (Lipinski definition) is 1. The van der Waals surface area contributed by atoms with Crippen molar-refractivity contribution in [2.75, 3.05) is 6.61 Å². The second kappa shape index (κ2) is 5.91. The van der Waals surface area contributed by atoms with Crippen LogP contribution in [-0.2, 0) is 13.0 Å². The van der Waals surface area contributed by atoms with Crippen molar-refractivity contribution in [2.24, 2.45) is 5.73 Å². The van der Waals surface area contributed by atoms with Crippen LogP contribution < -0.4 is 10.5 Å². The van der Waals surface area contributed by atoms with E-state index in [4.69, 9.17) is 10.5 Å².